The van der Waals surface area contributed by atoms with Gasteiger partial charge < -0.3 is 14.6 Å². The first-order valence-electron chi connectivity index (χ1n) is 10.1. The van der Waals surface area contributed by atoms with Crippen molar-refractivity contribution in [3.05, 3.63) is 58.5 Å². The van der Waals surface area contributed by atoms with E-state index in [0.29, 0.717) is 6.42 Å². The third-order valence-corrected chi connectivity index (χ3v) is 5.91. The van der Waals surface area contributed by atoms with Crippen molar-refractivity contribution in [3.8, 4) is 0 Å². The van der Waals surface area contributed by atoms with Crippen molar-refractivity contribution in [2.45, 2.75) is 53.5 Å². The zero-order valence-electron chi connectivity index (χ0n) is 17.2. The largest absolute Gasteiger partial charge is 0.378 e. The van der Waals surface area contributed by atoms with Gasteiger partial charge in [0.15, 0.2) is 5.65 Å². The molecule has 4 rings (SSSR count). The van der Waals surface area contributed by atoms with Gasteiger partial charge in [0.1, 0.15) is 0 Å². The van der Waals surface area contributed by atoms with Crippen LogP contribution in [0.4, 0.5) is 11.4 Å². The second kappa shape index (κ2) is 7.30. The second-order valence-electron chi connectivity index (χ2n) is 7.66. The van der Waals surface area contributed by atoms with Gasteiger partial charge in [0.2, 0.25) is 5.91 Å². The third kappa shape index (κ3) is 3.15. The van der Waals surface area contributed by atoms with E-state index in [0.717, 1.165) is 54.3 Å². The van der Waals surface area contributed by atoms with Gasteiger partial charge >= 0.3 is 0 Å². The average Bonchev–Trinajstić information content (AvgIpc) is 3.24. The van der Waals surface area contributed by atoms with Gasteiger partial charge in [0, 0.05) is 31.4 Å². The third-order valence-electron chi connectivity index (χ3n) is 5.91. The number of fused-ring (bicyclic) bond motifs is 1. The van der Waals surface area contributed by atoms with Crippen LogP contribution in [0.5, 0.6) is 0 Å². The van der Waals surface area contributed by atoms with Gasteiger partial charge in [-0.2, -0.15) is 0 Å². The summed E-state index contributed by atoms with van der Waals surface area (Å²) in [6.07, 6.45) is 4.61. The van der Waals surface area contributed by atoms with Gasteiger partial charge in [-0.15, -0.1) is 0 Å². The molecule has 5 heteroatoms. The summed E-state index contributed by atoms with van der Waals surface area (Å²) >= 11 is 0. The van der Waals surface area contributed by atoms with Crippen LogP contribution in [0.2, 0.25) is 0 Å². The lowest BCUT2D eigenvalue weighted by molar-refractivity contribution is -0.117. The second-order valence-corrected chi connectivity index (χ2v) is 7.66. The van der Waals surface area contributed by atoms with Crippen LogP contribution in [0.1, 0.15) is 47.8 Å². The van der Waals surface area contributed by atoms with E-state index < -0.39 is 0 Å². The smallest absolute Gasteiger partial charge is 0.227 e. The molecule has 1 fully saturated rings. The van der Waals surface area contributed by atoms with E-state index in [9.17, 15) is 4.79 Å². The molecule has 146 valence electrons. The number of nitrogens with one attached hydrogen (secondary N) is 1. The minimum Gasteiger partial charge on any atom is -0.378 e. The number of rotatable bonds is 5. The molecule has 3 aromatic rings. The Morgan fingerprint density at radius 3 is 2.75 bits per heavy atom. The highest BCUT2D eigenvalue weighted by molar-refractivity contribution is 5.96. The summed E-state index contributed by atoms with van der Waals surface area (Å²) in [5, 5.41) is 3.62. The maximum absolute atomic E-state index is 12.3. The van der Waals surface area contributed by atoms with Crippen molar-refractivity contribution in [2.24, 2.45) is 0 Å². The summed E-state index contributed by atoms with van der Waals surface area (Å²) < 4.78 is 2.11. The van der Waals surface area contributed by atoms with Gasteiger partial charge in [0.25, 0.3) is 0 Å². The minimum atomic E-state index is 0.201. The first-order valence-corrected chi connectivity index (χ1v) is 10.1. The van der Waals surface area contributed by atoms with E-state index in [1.165, 1.54) is 16.7 Å². The number of carbonyl (C=O) groups excluding carboxylic acids is 1. The molecule has 0 saturated carbocycles. The molecule has 5 nitrogen and oxygen atoms in total. The molecule has 1 aromatic carbocycles. The summed E-state index contributed by atoms with van der Waals surface area (Å²) in [5.74, 6) is 0.201. The fourth-order valence-corrected chi connectivity index (χ4v) is 4.09. The van der Waals surface area contributed by atoms with Crippen LogP contribution in [0, 0.1) is 20.8 Å². The topological polar surface area (TPSA) is 49.6 Å². The van der Waals surface area contributed by atoms with E-state index in [4.69, 9.17) is 4.98 Å². The number of hydrogen-bond acceptors (Lipinski definition) is 3. The molecule has 2 aromatic heterocycles. The van der Waals surface area contributed by atoms with Gasteiger partial charge in [-0.1, -0.05) is 25.1 Å². The highest BCUT2D eigenvalue weighted by Gasteiger charge is 2.23. The molecule has 1 N–H and O–H groups in total. The van der Waals surface area contributed by atoms with Crippen LogP contribution in [-0.4, -0.2) is 21.8 Å². The Kier molecular flexibility index (Phi) is 4.84. The van der Waals surface area contributed by atoms with Crippen LogP contribution >= 0.6 is 0 Å². The fraction of sp³-hybridized carbons (Fsp3) is 0.391. The lowest BCUT2D eigenvalue weighted by atomic mass is 10.00. The number of benzene rings is 1. The van der Waals surface area contributed by atoms with Gasteiger partial charge in [0.05, 0.1) is 17.1 Å². The molecule has 3 heterocycles. The summed E-state index contributed by atoms with van der Waals surface area (Å²) in [4.78, 5) is 19.0. The molecule has 0 unspecified atom stereocenters. The zero-order valence-corrected chi connectivity index (χ0v) is 17.2. The van der Waals surface area contributed by atoms with Crippen molar-refractivity contribution in [2.75, 3.05) is 16.8 Å². The van der Waals surface area contributed by atoms with Crippen LogP contribution in [0.25, 0.3) is 5.65 Å². The summed E-state index contributed by atoms with van der Waals surface area (Å²) in [6, 6.07) is 8.56. The lowest BCUT2D eigenvalue weighted by Crippen LogP contribution is -2.24. The molecule has 1 aliphatic heterocycles. The number of carbonyl (C=O) groups is 1. The molecule has 0 bridgehead atoms. The molecular formula is C23H28N4O. The Morgan fingerprint density at radius 1 is 1.21 bits per heavy atom. The molecule has 0 aliphatic carbocycles. The number of nitrogens with zero attached hydrogens (tertiary/aromatic N) is 3. The zero-order chi connectivity index (χ0) is 19.8. The van der Waals surface area contributed by atoms with Gasteiger partial charge in [-0.05, 0) is 56.4 Å². The average molecular weight is 377 g/mol. The van der Waals surface area contributed by atoms with Gasteiger partial charge in [-0.3, -0.25) is 4.79 Å². The summed E-state index contributed by atoms with van der Waals surface area (Å²) in [6.45, 7) is 9.99. The van der Waals surface area contributed by atoms with Gasteiger partial charge in [-0.25, -0.2) is 4.98 Å². The maximum Gasteiger partial charge on any atom is 0.227 e. The van der Waals surface area contributed by atoms with Crippen molar-refractivity contribution in [3.63, 3.8) is 0 Å². The SMILES string of the molecule is CCc1cccc(C)c1CNc1cc(N2CCCC2=O)cn2c(C)c(C)nc12. The van der Waals surface area contributed by atoms with Crippen molar-refractivity contribution in [1.29, 1.82) is 0 Å². The molecule has 1 aliphatic rings. The molecule has 0 radical (unpaired) electrons. The highest BCUT2D eigenvalue weighted by atomic mass is 16.2. The fourth-order valence-electron chi connectivity index (χ4n) is 4.09. The Morgan fingerprint density at radius 2 is 2.04 bits per heavy atom. The van der Waals surface area contributed by atoms with E-state index >= 15 is 0 Å². The number of hydrogen-bond donors (Lipinski definition) is 1. The van der Waals surface area contributed by atoms with E-state index in [1.54, 1.807) is 0 Å². The Labute approximate surface area is 166 Å². The molecule has 0 spiro atoms. The summed E-state index contributed by atoms with van der Waals surface area (Å²) in [5.41, 5.74) is 8.95. The summed E-state index contributed by atoms with van der Waals surface area (Å²) in [7, 11) is 0. The molecule has 1 saturated heterocycles. The molecular weight excluding hydrogens is 348 g/mol. The normalized spacial score (nSPS) is 14.3. The first-order chi connectivity index (χ1) is 13.5. The van der Waals surface area contributed by atoms with Crippen LogP contribution < -0.4 is 10.2 Å². The number of anilines is 2. The standard InChI is InChI=1S/C23H28N4O/c1-5-18-9-6-8-15(2)20(18)13-24-21-12-19(26-11-7-10-22(26)28)14-27-17(4)16(3)25-23(21)27/h6,8-9,12,14,24H,5,7,10-11,13H2,1-4H3. The van der Waals surface area contributed by atoms with Crippen molar-refractivity contribution in [1.82, 2.24) is 9.38 Å². The maximum atomic E-state index is 12.3. The Hall–Kier alpha value is -2.82. The number of aryl methyl sites for hydroxylation is 4. The monoisotopic (exact) mass is 376 g/mol. The van der Waals surface area contributed by atoms with Crippen LogP contribution in [-0.2, 0) is 17.8 Å². The molecule has 1 amide bonds. The lowest BCUT2D eigenvalue weighted by Gasteiger charge is -2.19. The predicted molar refractivity (Wildman–Crippen MR) is 114 cm³/mol. The van der Waals surface area contributed by atoms with E-state index in [-0.39, 0.29) is 5.91 Å². The Balaban J connectivity index is 1.75. The highest BCUT2D eigenvalue weighted by Crippen LogP contribution is 2.30. The first kappa shape index (κ1) is 18.5. The Bertz CT molecular complexity index is 1050. The van der Waals surface area contributed by atoms with Crippen molar-refractivity contribution >= 4 is 22.9 Å². The van der Waals surface area contributed by atoms with E-state index in [1.807, 2.05) is 18.0 Å². The number of imidazole rings is 1. The van der Waals surface area contributed by atoms with Crippen LogP contribution in [0.3, 0.4) is 0 Å². The molecule has 0 atom stereocenters. The number of amides is 1. The number of pyridine rings is 1. The predicted octanol–water partition coefficient (Wildman–Crippen LogP) is 4.56. The quantitative estimate of drug-likeness (QED) is 0.710. The minimum absolute atomic E-state index is 0.201. The van der Waals surface area contributed by atoms with Crippen LogP contribution in [0.15, 0.2) is 30.5 Å². The number of aromatic nitrogens is 2. The molecule has 28 heavy (non-hydrogen) atoms. The van der Waals surface area contributed by atoms with E-state index in [2.05, 4.69) is 54.8 Å². The van der Waals surface area contributed by atoms with Crippen molar-refractivity contribution < 1.29 is 4.79 Å².